The van der Waals surface area contributed by atoms with Gasteiger partial charge in [0.15, 0.2) is 0 Å². The number of rotatable bonds is 4. The van der Waals surface area contributed by atoms with Crippen LogP contribution in [0.2, 0.25) is 0 Å². The van der Waals surface area contributed by atoms with Crippen LogP contribution in [0.3, 0.4) is 0 Å². The lowest BCUT2D eigenvalue weighted by atomic mass is 9.96. The predicted octanol–water partition coefficient (Wildman–Crippen LogP) is 3.13. The molecule has 1 N–H and O–H groups in total. The van der Waals surface area contributed by atoms with Gasteiger partial charge in [-0.25, -0.2) is 4.98 Å². The summed E-state index contributed by atoms with van der Waals surface area (Å²) in [4.78, 5) is 16.8. The van der Waals surface area contributed by atoms with Crippen molar-refractivity contribution in [2.45, 2.75) is 32.7 Å². The Morgan fingerprint density at radius 1 is 1.45 bits per heavy atom. The number of nitrogens with zero attached hydrogens (tertiary/aromatic N) is 1. The highest BCUT2D eigenvalue weighted by atomic mass is 32.1. The summed E-state index contributed by atoms with van der Waals surface area (Å²) in [6, 6.07) is 7.90. The minimum atomic E-state index is -0.127. The number of amides is 1. The number of ether oxygens (including phenoxy) is 1. The molecule has 0 bridgehead atoms. The maximum absolute atomic E-state index is 12.3. The number of carbonyl (C=O) groups is 1. The fourth-order valence-corrected chi connectivity index (χ4v) is 3.32. The molecule has 2 heterocycles. The summed E-state index contributed by atoms with van der Waals surface area (Å²) in [5.74, 6) is 1.23. The van der Waals surface area contributed by atoms with Gasteiger partial charge in [-0.15, -0.1) is 11.3 Å². The van der Waals surface area contributed by atoms with Gasteiger partial charge in [-0.2, -0.15) is 0 Å². The molecule has 1 aromatic carbocycles. The van der Waals surface area contributed by atoms with Gasteiger partial charge in [0.2, 0.25) is 5.91 Å². The molecule has 22 heavy (non-hydrogen) atoms. The molecule has 5 heteroatoms. The van der Waals surface area contributed by atoms with Crippen molar-refractivity contribution in [3.63, 3.8) is 0 Å². The third-order valence-corrected chi connectivity index (χ3v) is 4.95. The van der Waals surface area contributed by atoms with Crippen molar-refractivity contribution < 1.29 is 9.53 Å². The van der Waals surface area contributed by atoms with E-state index in [4.69, 9.17) is 4.74 Å². The average molecular weight is 316 g/mol. The summed E-state index contributed by atoms with van der Waals surface area (Å²) < 4.78 is 5.67. The van der Waals surface area contributed by atoms with Crippen molar-refractivity contribution >= 4 is 17.2 Å². The highest BCUT2D eigenvalue weighted by Crippen LogP contribution is 2.27. The van der Waals surface area contributed by atoms with Crippen molar-refractivity contribution in [3.05, 3.63) is 45.9 Å². The molecule has 0 radical (unpaired) electrons. The molecule has 0 aliphatic carbocycles. The molecule has 1 aliphatic rings. The summed E-state index contributed by atoms with van der Waals surface area (Å²) in [6.07, 6.45) is 0.732. The van der Waals surface area contributed by atoms with E-state index in [1.807, 2.05) is 29.6 Å². The van der Waals surface area contributed by atoms with E-state index < -0.39 is 0 Å². The Morgan fingerprint density at radius 2 is 2.27 bits per heavy atom. The predicted molar refractivity (Wildman–Crippen MR) is 87.2 cm³/mol. The van der Waals surface area contributed by atoms with Gasteiger partial charge in [0.05, 0.1) is 23.2 Å². The van der Waals surface area contributed by atoms with E-state index in [1.165, 1.54) is 0 Å². The first-order chi connectivity index (χ1) is 10.6. The van der Waals surface area contributed by atoms with Gasteiger partial charge in [-0.3, -0.25) is 4.79 Å². The Balaban J connectivity index is 1.56. The largest absolute Gasteiger partial charge is 0.492 e. The van der Waals surface area contributed by atoms with Crippen LogP contribution in [-0.4, -0.2) is 17.5 Å². The molecular weight excluding hydrogens is 296 g/mol. The molecule has 4 nitrogen and oxygen atoms in total. The fourth-order valence-electron chi connectivity index (χ4n) is 2.49. The maximum Gasteiger partial charge on any atom is 0.227 e. The average Bonchev–Trinajstić information content (AvgIpc) is 3.01. The van der Waals surface area contributed by atoms with Gasteiger partial charge in [0.1, 0.15) is 12.4 Å². The molecule has 1 atom stereocenters. The van der Waals surface area contributed by atoms with Crippen molar-refractivity contribution in [2.75, 3.05) is 6.61 Å². The number of carbonyl (C=O) groups excluding carboxylic acids is 1. The van der Waals surface area contributed by atoms with E-state index in [2.05, 4.69) is 24.1 Å². The smallest absolute Gasteiger partial charge is 0.227 e. The van der Waals surface area contributed by atoms with Crippen LogP contribution in [0.5, 0.6) is 5.75 Å². The van der Waals surface area contributed by atoms with Gasteiger partial charge < -0.3 is 10.1 Å². The number of aromatic nitrogens is 1. The zero-order valence-electron chi connectivity index (χ0n) is 12.8. The summed E-state index contributed by atoms with van der Waals surface area (Å²) in [5.41, 5.74) is 2.03. The quantitative estimate of drug-likeness (QED) is 0.943. The molecule has 1 amide bonds. The standard InChI is InChI=1S/C17H20N2O2S/c1-11(2)17-19-14(10-22-17)8-18-16(20)13-7-12-5-3-4-6-15(12)21-9-13/h3-6,10-11,13H,7-9H2,1-2H3,(H,18,20)/t13-/m0/s1. The molecule has 3 rings (SSSR count). The molecule has 0 fully saturated rings. The van der Waals surface area contributed by atoms with Crippen molar-refractivity contribution in [2.24, 2.45) is 5.92 Å². The van der Waals surface area contributed by atoms with Crippen LogP contribution in [0, 0.1) is 5.92 Å². The van der Waals surface area contributed by atoms with Crippen molar-refractivity contribution in [3.8, 4) is 5.75 Å². The SMILES string of the molecule is CC(C)c1nc(CNC(=O)[C@@H]2COc3ccccc3C2)cs1. The van der Waals surface area contributed by atoms with Crippen LogP contribution in [0.1, 0.15) is 36.0 Å². The van der Waals surface area contributed by atoms with Gasteiger partial charge in [-0.05, 0) is 18.1 Å². The Labute approximate surface area is 134 Å². The third kappa shape index (κ3) is 3.30. The number of hydrogen-bond donors (Lipinski definition) is 1. The van der Waals surface area contributed by atoms with Crippen molar-refractivity contribution in [1.29, 1.82) is 0 Å². The lowest BCUT2D eigenvalue weighted by molar-refractivity contribution is -0.126. The molecule has 1 aromatic heterocycles. The number of nitrogens with one attached hydrogen (secondary N) is 1. The van der Waals surface area contributed by atoms with Crippen LogP contribution in [-0.2, 0) is 17.8 Å². The zero-order valence-corrected chi connectivity index (χ0v) is 13.7. The van der Waals surface area contributed by atoms with Crippen LogP contribution >= 0.6 is 11.3 Å². The van der Waals surface area contributed by atoms with Gasteiger partial charge in [0, 0.05) is 11.3 Å². The third-order valence-electron chi connectivity index (χ3n) is 3.76. The molecule has 0 saturated heterocycles. The van der Waals surface area contributed by atoms with Crippen LogP contribution < -0.4 is 10.1 Å². The summed E-state index contributed by atoms with van der Waals surface area (Å²) in [7, 11) is 0. The maximum atomic E-state index is 12.3. The number of benzene rings is 1. The Bertz CT molecular complexity index is 666. The van der Waals surface area contributed by atoms with Crippen LogP contribution in [0.4, 0.5) is 0 Å². The highest BCUT2D eigenvalue weighted by Gasteiger charge is 2.25. The van der Waals surface area contributed by atoms with Gasteiger partial charge >= 0.3 is 0 Å². The number of hydrogen-bond acceptors (Lipinski definition) is 4. The van der Waals surface area contributed by atoms with Crippen LogP contribution in [0.15, 0.2) is 29.6 Å². The van der Waals surface area contributed by atoms with E-state index in [9.17, 15) is 4.79 Å². The van der Waals surface area contributed by atoms with E-state index in [0.717, 1.165) is 28.4 Å². The molecule has 116 valence electrons. The Hall–Kier alpha value is -1.88. The number of fused-ring (bicyclic) bond motifs is 1. The van der Waals surface area contributed by atoms with Crippen molar-refractivity contribution in [1.82, 2.24) is 10.3 Å². The first kappa shape index (κ1) is 15.0. The summed E-state index contributed by atoms with van der Waals surface area (Å²) >= 11 is 1.65. The molecular formula is C17H20N2O2S. The molecule has 0 unspecified atom stereocenters. The monoisotopic (exact) mass is 316 g/mol. The Morgan fingerprint density at radius 3 is 3.05 bits per heavy atom. The van der Waals surface area contributed by atoms with E-state index in [1.54, 1.807) is 11.3 Å². The van der Waals surface area contributed by atoms with Gasteiger partial charge in [0.25, 0.3) is 0 Å². The van der Waals surface area contributed by atoms with E-state index >= 15 is 0 Å². The van der Waals surface area contributed by atoms with E-state index in [0.29, 0.717) is 19.1 Å². The molecule has 1 aliphatic heterocycles. The zero-order chi connectivity index (χ0) is 15.5. The lowest BCUT2D eigenvalue weighted by Crippen LogP contribution is -2.37. The number of thiazole rings is 1. The fraction of sp³-hybridized carbons (Fsp3) is 0.412. The minimum Gasteiger partial charge on any atom is -0.492 e. The topological polar surface area (TPSA) is 51.2 Å². The minimum absolute atomic E-state index is 0.0357. The highest BCUT2D eigenvalue weighted by molar-refractivity contribution is 7.09. The second kappa shape index (κ2) is 6.48. The summed E-state index contributed by atoms with van der Waals surface area (Å²) in [6.45, 7) is 5.17. The van der Waals surface area contributed by atoms with Gasteiger partial charge in [-0.1, -0.05) is 32.0 Å². The van der Waals surface area contributed by atoms with E-state index in [-0.39, 0.29) is 11.8 Å². The first-order valence-corrected chi connectivity index (χ1v) is 8.44. The molecule has 0 saturated carbocycles. The second-order valence-electron chi connectivity index (χ2n) is 5.87. The first-order valence-electron chi connectivity index (χ1n) is 7.56. The molecule has 0 spiro atoms. The second-order valence-corrected chi connectivity index (χ2v) is 6.76. The van der Waals surface area contributed by atoms with Crippen LogP contribution in [0.25, 0.3) is 0 Å². The number of para-hydroxylation sites is 1. The molecule has 2 aromatic rings. The normalized spacial score (nSPS) is 17.0. The lowest BCUT2D eigenvalue weighted by Gasteiger charge is -2.24. The summed E-state index contributed by atoms with van der Waals surface area (Å²) in [5, 5.41) is 6.10. The Kier molecular flexibility index (Phi) is 4.43.